The van der Waals surface area contributed by atoms with Crippen molar-refractivity contribution < 1.29 is 4.74 Å². The van der Waals surface area contributed by atoms with E-state index in [9.17, 15) is 0 Å². The number of fused-ring (bicyclic) bond motifs is 2. The zero-order valence-corrected chi connectivity index (χ0v) is 11.6. The number of aromatic amines is 2. The van der Waals surface area contributed by atoms with Crippen LogP contribution in [0.15, 0.2) is 30.6 Å². The van der Waals surface area contributed by atoms with E-state index in [0.29, 0.717) is 0 Å². The van der Waals surface area contributed by atoms with Gasteiger partial charge in [0.1, 0.15) is 11.4 Å². The molecule has 6 heteroatoms. The lowest BCUT2D eigenvalue weighted by molar-refractivity contribution is 0.409. The first-order chi connectivity index (χ1) is 10.2. The second-order valence-corrected chi connectivity index (χ2v) is 4.86. The maximum atomic E-state index is 5.23. The van der Waals surface area contributed by atoms with E-state index in [1.54, 1.807) is 13.4 Å². The summed E-state index contributed by atoms with van der Waals surface area (Å²) in [4.78, 5) is 19.8. The summed E-state index contributed by atoms with van der Waals surface area (Å²) in [5.41, 5.74) is 5.35. The maximum absolute atomic E-state index is 5.23. The van der Waals surface area contributed by atoms with Crippen molar-refractivity contribution in [2.75, 3.05) is 7.11 Å². The van der Waals surface area contributed by atoms with Gasteiger partial charge in [0, 0.05) is 0 Å². The summed E-state index contributed by atoms with van der Waals surface area (Å²) in [6.07, 6.45) is 1.68. The summed E-state index contributed by atoms with van der Waals surface area (Å²) in [7, 11) is 1.64. The zero-order chi connectivity index (χ0) is 14.4. The molecule has 4 rings (SSSR count). The molecule has 1 aromatic carbocycles. The first-order valence-electron chi connectivity index (χ1n) is 6.59. The summed E-state index contributed by atoms with van der Waals surface area (Å²) in [5.74, 6) is 1.51. The van der Waals surface area contributed by atoms with Gasteiger partial charge in [-0.2, -0.15) is 0 Å². The molecular formula is C15H13N5O. The SMILES string of the molecule is COc1ccc(-c2nc3cc4nc[nH]c4cc3[nH]2)nc1C. The Labute approximate surface area is 120 Å². The van der Waals surface area contributed by atoms with Crippen LogP contribution in [0.1, 0.15) is 5.69 Å². The number of ether oxygens (including phenoxy) is 1. The number of methoxy groups -OCH3 is 1. The molecule has 0 fully saturated rings. The highest BCUT2D eigenvalue weighted by molar-refractivity contribution is 5.92. The Hall–Kier alpha value is -2.89. The molecule has 0 unspecified atom stereocenters. The lowest BCUT2D eigenvalue weighted by Crippen LogP contribution is -1.93. The van der Waals surface area contributed by atoms with E-state index in [4.69, 9.17) is 4.74 Å². The Bertz CT molecular complexity index is 905. The monoisotopic (exact) mass is 279 g/mol. The number of hydrogen-bond donors (Lipinski definition) is 2. The molecule has 0 aliphatic rings. The number of nitrogens with zero attached hydrogens (tertiary/aromatic N) is 3. The van der Waals surface area contributed by atoms with E-state index in [1.165, 1.54) is 0 Å². The number of rotatable bonds is 2. The number of pyridine rings is 1. The van der Waals surface area contributed by atoms with E-state index in [-0.39, 0.29) is 0 Å². The van der Waals surface area contributed by atoms with E-state index < -0.39 is 0 Å². The normalized spacial score (nSPS) is 11.3. The first kappa shape index (κ1) is 11.9. The van der Waals surface area contributed by atoms with E-state index in [1.807, 2.05) is 31.2 Å². The van der Waals surface area contributed by atoms with Gasteiger partial charge in [0.05, 0.1) is 41.2 Å². The smallest absolute Gasteiger partial charge is 0.157 e. The van der Waals surface area contributed by atoms with Gasteiger partial charge in [-0.3, -0.25) is 0 Å². The van der Waals surface area contributed by atoms with Gasteiger partial charge in [0.25, 0.3) is 0 Å². The predicted octanol–water partition coefficient (Wildman–Crippen LogP) is 2.82. The molecule has 21 heavy (non-hydrogen) atoms. The molecule has 0 aliphatic heterocycles. The molecule has 0 spiro atoms. The zero-order valence-electron chi connectivity index (χ0n) is 11.6. The van der Waals surface area contributed by atoms with Gasteiger partial charge in [0.2, 0.25) is 0 Å². The van der Waals surface area contributed by atoms with Crippen molar-refractivity contribution in [1.29, 1.82) is 0 Å². The molecule has 104 valence electrons. The average molecular weight is 279 g/mol. The van der Waals surface area contributed by atoms with Gasteiger partial charge < -0.3 is 14.7 Å². The summed E-state index contributed by atoms with van der Waals surface area (Å²) in [6, 6.07) is 7.76. The molecule has 3 aromatic heterocycles. The van der Waals surface area contributed by atoms with Crippen LogP contribution >= 0.6 is 0 Å². The summed E-state index contributed by atoms with van der Waals surface area (Å²) < 4.78 is 5.23. The van der Waals surface area contributed by atoms with Gasteiger partial charge >= 0.3 is 0 Å². The molecular weight excluding hydrogens is 266 g/mol. The lowest BCUT2D eigenvalue weighted by Gasteiger charge is -2.04. The quantitative estimate of drug-likeness (QED) is 0.591. The fourth-order valence-electron chi connectivity index (χ4n) is 2.46. The molecule has 3 heterocycles. The van der Waals surface area contributed by atoms with Crippen molar-refractivity contribution in [3.05, 3.63) is 36.3 Å². The van der Waals surface area contributed by atoms with Crippen LogP contribution in [0.2, 0.25) is 0 Å². The highest BCUT2D eigenvalue weighted by atomic mass is 16.5. The van der Waals surface area contributed by atoms with Crippen LogP contribution in [0.3, 0.4) is 0 Å². The minimum Gasteiger partial charge on any atom is -0.495 e. The molecule has 0 amide bonds. The summed E-state index contributed by atoms with van der Waals surface area (Å²) in [6.45, 7) is 1.91. The van der Waals surface area contributed by atoms with Gasteiger partial charge in [-0.15, -0.1) is 0 Å². The first-order valence-corrected chi connectivity index (χ1v) is 6.59. The molecule has 0 saturated heterocycles. The number of imidazole rings is 2. The molecule has 0 radical (unpaired) electrons. The number of aryl methyl sites for hydroxylation is 1. The van der Waals surface area contributed by atoms with E-state index >= 15 is 0 Å². The Kier molecular flexibility index (Phi) is 2.44. The molecule has 0 atom stereocenters. The van der Waals surface area contributed by atoms with Crippen molar-refractivity contribution in [1.82, 2.24) is 24.9 Å². The molecule has 2 N–H and O–H groups in total. The summed E-state index contributed by atoms with van der Waals surface area (Å²) in [5, 5.41) is 0. The molecule has 4 aromatic rings. The Morgan fingerprint density at radius 1 is 1.05 bits per heavy atom. The fourth-order valence-corrected chi connectivity index (χ4v) is 2.46. The standard InChI is InChI=1S/C15H13N5O/c1-8-14(21-2)4-3-9(18-8)15-19-12-5-10-11(17-7-16-10)6-13(12)20-15/h3-7H,1-2H3,(H,16,17)(H,19,20). The Morgan fingerprint density at radius 3 is 2.76 bits per heavy atom. The number of H-pyrrole nitrogens is 2. The highest BCUT2D eigenvalue weighted by Gasteiger charge is 2.10. The van der Waals surface area contributed by atoms with Crippen molar-refractivity contribution >= 4 is 22.1 Å². The van der Waals surface area contributed by atoms with Crippen LogP contribution in [-0.2, 0) is 0 Å². The van der Waals surface area contributed by atoms with Gasteiger partial charge in [-0.25, -0.2) is 15.0 Å². The van der Waals surface area contributed by atoms with Crippen LogP contribution in [0.25, 0.3) is 33.6 Å². The minimum absolute atomic E-state index is 0.739. The molecule has 0 bridgehead atoms. The summed E-state index contributed by atoms with van der Waals surface area (Å²) >= 11 is 0. The average Bonchev–Trinajstić information content (AvgIpc) is 3.09. The Balaban J connectivity index is 1.87. The van der Waals surface area contributed by atoms with Gasteiger partial charge in [0.15, 0.2) is 5.82 Å². The fraction of sp³-hybridized carbons (Fsp3) is 0.133. The Morgan fingerprint density at radius 2 is 1.95 bits per heavy atom. The van der Waals surface area contributed by atoms with Crippen molar-refractivity contribution in [2.24, 2.45) is 0 Å². The largest absolute Gasteiger partial charge is 0.495 e. The third-order valence-corrected chi connectivity index (χ3v) is 3.52. The number of nitrogens with one attached hydrogen (secondary N) is 2. The predicted molar refractivity (Wildman–Crippen MR) is 80.3 cm³/mol. The van der Waals surface area contributed by atoms with Crippen LogP contribution in [0.5, 0.6) is 5.75 Å². The number of benzene rings is 1. The maximum Gasteiger partial charge on any atom is 0.157 e. The van der Waals surface area contributed by atoms with E-state index in [2.05, 4.69) is 24.9 Å². The molecule has 0 saturated carbocycles. The highest BCUT2D eigenvalue weighted by Crippen LogP contribution is 2.24. The van der Waals surface area contributed by atoms with Gasteiger partial charge in [-0.1, -0.05) is 0 Å². The minimum atomic E-state index is 0.739. The molecule has 0 aliphatic carbocycles. The van der Waals surface area contributed by atoms with Crippen molar-refractivity contribution in [3.8, 4) is 17.3 Å². The van der Waals surface area contributed by atoms with Crippen LogP contribution in [0.4, 0.5) is 0 Å². The van der Waals surface area contributed by atoms with Crippen LogP contribution < -0.4 is 4.74 Å². The topological polar surface area (TPSA) is 79.5 Å². The third kappa shape index (κ3) is 1.84. The van der Waals surface area contributed by atoms with Crippen molar-refractivity contribution in [2.45, 2.75) is 6.92 Å². The second kappa shape index (κ2) is 4.31. The van der Waals surface area contributed by atoms with Crippen LogP contribution in [0, 0.1) is 6.92 Å². The number of hydrogen-bond acceptors (Lipinski definition) is 4. The lowest BCUT2D eigenvalue weighted by atomic mass is 10.3. The molecule has 6 nitrogen and oxygen atoms in total. The van der Waals surface area contributed by atoms with Gasteiger partial charge in [-0.05, 0) is 31.2 Å². The number of aromatic nitrogens is 5. The van der Waals surface area contributed by atoms with E-state index in [0.717, 1.165) is 45.0 Å². The second-order valence-electron chi connectivity index (χ2n) is 4.86. The third-order valence-electron chi connectivity index (χ3n) is 3.52. The van der Waals surface area contributed by atoms with Crippen molar-refractivity contribution in [3.63, 3.8) is 0 Å². The van der Waals surface area contributed by atoms with Crippen LogP contribution in [-0.4, -0.2) is 32.0 Å².